The highest BCUT2D eigenvalue weighted by molar-refractivity contribution is 9.10. The number of ether oxygens (including phenoxy) is 8. The van der Waals surface area contributed by atoms with E-state index in [2.05, 4.69) is 85.4 Å². The van der Waals surface area contributed by atoms with Gasteiger partial charge in [-0.25, -0.2) is 9.36 Å². The van der Waals surface area contributed by atoms with Crippen molar-refractivity contribution >= 4 is 63.2 Å². The van der Waals surface area contributed by atoms with Crippen LogP contribution in [0.1, 0.15) is 0 Å². The highest BCUT2D eigenvalue weighted by Gasteiger charge is 2.25. The number of phenolic OH excluding ortho intramolecular Hbond substituents is 1. The van der Waals surface area contributed by atoms with Crippen molar-refractivity contribution in [3.63, 3.8) is 0 Å². The van der Waals surface area contributed by atoms with Gasteiger partial charge in [0, 0.05) is 96.5 Å². The van der Waals surface area contributed by atoms with E-state index in [-0.39, 0.29) is 11.0 Å². The molecule has 0 atom stereocenters. The molecular formula is C47H61BrClN19O9. The van der Waals surface area contributed by atoms with Crippen LogP contribution in [0.5, 0.6) is 17.2 Å². The van der Waals surface area contributed by atoms with Gasteiger partial charge in [0.25, 0.3) is 11.9 Å². The molecule has 0 spiro atoms. The number of rotatable bonds is 11. The molecule has 28 nitrogen and oxygen atoms in total. The number of phenols is 1. The van der Waals surface area contributed by atoms with Gasteiger partial charge in [-0.2, -0.15) is 55.1 Å². The largest absolute Gasteiger partial charge is 0.502 e. The van der Waals surface area contributed by atoms with Crippen molar-refractivity contribution in [1.82, 2.24) is 64.4 Å². The van der Waals surface area contributed by atoms with E-state index in [0.29, 0.717) is 165 Å². The van der Waals surface area contributed by atoms with E-state index in [1.165, 1.54) is 14.2 Å². The molecule has 77 heavy (non-hydrogen) atoms. The van der Waals surface area contributed by atoms with E-state index >= 15 is 0 Å². The summed E-state index contributed by atoms with van der Waals surface area (Å²) < 4.78 is 47.2. The monoisotopic (exact) mass is 1150 g/mol. The smallest absolute Gasteiger partial charge is 0.257 e. The quantitative estimate of drug-likeness (QED) is 0.194. The van der Waals surface area contributed by atoms with Crippen molar-refractivity contribution < 1.29 is 43.0 Å². The summed E-state index contributed by atoms with van der Waals surface area (Å²) in [6.45, 7) is 17.1. The Hall–Kier alpha value is -6.60. The SMILES string of the molecule is Brc1cnn(-c2nc(N3CCOCC3)nc(N3CCOCC3)n2)c1.COc1cc(-c2cnn(-c3nc(N4CCOCC4)nc(N4CCOCC4)n3)c2)cc(OC)c1O.Clc1nc(N2CCOCC2)nc(N2CCOCC2)n1. The van der Waals surface area contributed by atoms with E-state index in [4.69, 9.17) is 64.4 Å². The number of anilines is 6. The summed E-state index contributed by atoms with van der Waals surface area (Å²) in [5.74, 6) is 5.28. The Labute approximate surface area is 457 Å². The third kappa shape index (κ3) is 13.8. The minimum absolute atomic E-state index is 0.0519. The molecule has 6 saturated heterocycles. The number of nitrogens with zero attached hydrogens (tertiary/aromatic N) is 19. The van der Waals surface area contributed by atoms with E-state index in [0.717, 1.165) is 68.0 Å². The number of hydrogen-bond donors (Lipinski definition) is 1. The lowest BCUT2D eigenvalue weighted by molar-refractivity contribution is 0.121. The lowest BCUT2D eigenvalue weighted by Gasteiger charge is -2.30. The molecule has 11 heterocycles. The minimum Gasteiger partial charge on any atom is -0.502 e. The third-order valence-electron chi connectivity index (χ3n) is 12.9. The molecule has 0 bridgehead atoms. The fraction of sp³-hybridized carbons (Fsp3) is 0.553. The lowest BCUT2D eigenvalue weighted by atomic mass is 10.1. The van der Waals surface area contributed by atoms with Crippen LogP contribution in [0.25, 0.3) is 23.0 Å². The van der Waals surface area contributed by atoms with Crippen molar-refractivity contribution in [1.29, 1.82) is 0 Å². The molecule has 0 radical (unpaired) electrons. The van der Waals surface area contributed by atoms with Crippen LogP contribution in [0.15, 0.2) is 41.4 Å². The molecule has 12 rings (SSSR count). The molecule has 6 aliphatic heterocycles. The maximum absolute atomic E-state index is 10.2. The molecular weight excluding hydrogens is 1090 g/mol. The van der Waals surface area contributed by atoms with Gasteiger partial charge in [0.1, 0.15) is 0 Å². The van der Waals surface area contributed by atoms with Crippen LogP contribution in [0.3, 0.4) is 0 Å². The Morgan fingerprint density at radius 2 is 0.701 bits per heavy atom. The molecule has 412 valence electrons. The van der Waals surface area contributed by atoms with Crippen LogP contribution in [0.4, 0.5) is 35.7 Å². The predicted octanol–water partition coefficient (Wildman–Crippen LogP) is 1.81. The number of hydrogen-bond acceptors (Lipinski definition) is 26. The summed E-state index contributed by atoms with van der Waals surface area (Å²) in [5.41, 5.74) is 1.56. The van der Waals surface area contributed by atoms with E-state index in [1.54, 1.807) is 33.9 Å². The average Bonchev–Trinajstić information content (AvgIpc) is 4.20. The van der Waals surface area contributed by atoms with Gasteiger partial charge in [-0.05, 0) is 45.2 Å². The van der Waals surface area contributed by atoms with Gasteiger partial charge < -0.3 is 72.4 Å². The predicted molar refractivity (Wildman–Crippen MR) is 285 cm³/mol. The molecule has 5 aromatic heterocycles. The zero-order chi connectivity index (χ0) is 52.9. The second-order valence-corrected chi connectivity index (χ2v) is 19.0. The van der Waals surface area contributed by atoms with Gasteiger partial charge in [0.15, 0.2) is 11.5 Å². The molecule has 6 aliphatic rings. The summed E-state index contributed by atoms with van der Waals surface area (Å²) in [5, 5.41) is 19.3. The van der Waals surface area contributed by atoms with Gasteiger partial charge in [0.2, 0.25) is 46.7 Å². The van der Waals surface area contributed by atoms with Gasteiger partial charge in [0.05, 0.1) is 110 Å². The van der Waals surface area contributed by atoms with Gasteiger partial charge in [-0.3, -0.25) is 0 Å². The Balaban J connectivity index is 0.000000137. The standard InChI is InChI=1S/C22H27N7O5.C14H18BrN7O2.C11H16ClN5O2/c1-31-17-11-15(12-18(32-2)19(17)30)16-13-23-29(14-16)22-25-20(27-3-7-33-8-4-27)24-21(26-22)28-5-9-34-10-6-28;15-11-9-16-22(10-11)14-18-12(20-1-5-23-6-2-20)17-13(19-14)21-3-7-24-8-4-21;12-9-13-10(16-1-5-18-6-2-16)15-11(14-9)17-3-7-19-8-4-17/h11-14,30H,3-10H2,1-2H3;9-10H,1-8H2;1-8H2. The Morgan fingerprint density at radius 1 is 0.416 bits per heavy atom. The zero-order valence-electron chi connectivity index (χ0n) is 42.9. The molecule has 0 saturated carbocycles. The van der Waals surface area contributed by atoms with Crippen LogP contribution in [0.2, 0.25) is 5.28 Å². The summed E-state index contributed by atoms with van der Waals surface area (Å²) >= 11 is 9.42. The Kier molecular flexibility index (Phi) is 18.3. The number of methoxy groups -OCH3 is 2. The summed E-state index contributed by atoms with van der Waals surface area (Å²) in [7, 11) is 2.99. The molecule has 6 aromatic rings. The molecule has 0 amide bonds. The average molecular weight is 1150 g/mol. The summed E-state index contributed by atoms with van der Waals surface area (Å²) in [6.07, 6.45) is 7.08. The first-order valence-corrected chi connectivity index (χ1v) is 26.6. The molecule has 30 heteroatoms. The maximum Gasteiger partial charge on any atom is 0.257 e. The second-order valence-electron chi connectivity index (χ2n) is 17.8. The lowest BCUT2D eigenvalue weighted by Crippen LogP contribution is -2.40. The number of halogens is 2. The first kappa shape index (κ1) is 53.8. The van der Waals surface area contributed by atoms with Crippen LogP contribution in [-0.4, -0.2) is 242 Å². The zero-order valence-corrected chi connectivity index (χ0v) is 45.2. The number of morpholine rings is 6. The second kappa shape index (κ2) is 26.2. The maximum atomic E-state index is 10.2. The Morgan fingerprint density at radius 3 is 1.00 bits per heavy atom. The highest BCUT2D eigenvalue weighted by atomic mass is 79.9. The van der Waals surface area contributed by atoms with Crippen molar-refractivity contribution in [3.8, 4) is 40.3 Å². The first-order chi connectivity index (χ1) is 37.8. The van der Waals surface area contributed by atoms with E-state index < -0.39 is 0 Å². The first-order valence-electron chi connectivity index (χ1n) is 25.4. The molecule has 6 fully saturated rings. The van der Waals surface area contributed by atoms with Crippen LogP contribution in [-0.2, 0) is 28.4 Å². The molecule has 0 aliphatic carbocycles. The number of benzene rings is 1. The van der Waals surface area contributed by atoms with Gasteiger partial charge >= 0.3 is 0 Å². The van der Waals surface area contributed by atoms with Gasteiger partial charge in [-0.1, -0.05) is 0 Å². The van der Waals surface area contributed by atoms with Crippen LogP contribution in [0, 0.1) is 0 Å². The van der Waals surface area contributed by atoms with Gasteiger partial charge in [-0.15, -0.1) is 0 Å². The fourth-order valence-electron chi connectivity index (χ4n) is 8.70. The topological polar surface area (TPSA) is 265 Å². The van der Waals surface area contributed by atoms with Crippen LogP contribution < -0.4 is 38.9 Å². The summed E-state index contributed by atoms with van der Waals surface area (Å²) in [4.78, 5) is 53.6. The van der Waals surface area contributed by atoms with Crippen LogP contribution >= 0.6 is 27.5 Å². The summed E-state index contributed by atoms with van der Waals surface area (Å²) in [6, 6.07) is 3.45. The third-order valence-corrected chi connectivity index (χ3v) is 13.5. The molecule has 1 aromatic carbocycles. The van der Waals surface area contributed by atoms with E-state index in [9.17, 15) is 5.11 Å². The highest BCUT2D eigenvalue weighted by Crippen LogP contribution is 2.40. The number of aromatic nitrogens is 13. The molecule has 1 N–H and O–H groups in total. The van der Waals surface area contributed by atoms with Crippen molar-refractivity contribution in [2.75, 3.05) is 201 Å². The molecule has 0 unspecified atom stereocenters. The minimum atomic E-state index is -0.0519. The Bertz CT molecular complexity index is 2720. The number of aromatic hydroxyl groups is 1. The van der Waals surface area contributed by atoms with Crippen molar-refractivity contribution in [3.05, 3.63) is 46.7 Å². The van der Waals surface area contributed by atoms with Crippen molar-refractivity contribution in [2.24, 2.45) is 0 Å². The van der Waals surface area contributed by atoms with E-state index in [1.807, 2.05) is 12.4 Å². The van der Waals surface area contributed by atoms with Crippen molar-refractivity contribution in [2.45, 2.75) is 0 Å². The fourth-order valence-corrected chi connectivity index (χ4v) is 9.14. The normalized spacial score (nSPS) is 18.3.